The van der Waals surface area contributed by atoms with Crippen LogP contribution in [0.1, 0.15) is 24.4 Å². The van der Waals surface area contributed by atoms with Crippen LogP contribution in [-0.4, -0.2) is 30.5 Å². The number of benzene rings is 1. The van der Waals surface area contributed by atoms with Crippen molar-refractivity contribution >= 4 is 0 Å². The second kappa shape index (κ2) is 5.28. The van der Waals surface area contributed by atoms with Gasteiger partial charge >= 0.3 is 0 Å². The number of nitrogens with two attached hydrogens (primary N) is 1. The van der Waals surface area contributed by atoms with Gasteiger partial charge < -0.3 is 5.73 Å². The predicted molar refractivity (Wildman–Crippen MR) is 63.9 cm³/mol. The lowest BCUT2D eigenvalue weighted by atomic mass is 10.00. The van der Waals surface area contributed by atoms with Gasteiger partial charge in [-0.15, -0.1) is 0 Å². The number of piperidine rings is 1. The van der Waals surface area contributed by atoms with E-state index in [9.17, 15) is 13.2 Å². The molecule has 0 radical (unpaired) electrons. The second-order valence-corrected chi connectivity index (χ2v) is 4.69. The normalized spacial score (nSPS) is 21.8. The zero-order chi connectivity index (χ0) is 13.2. The first-order valence-electron chi connectivity index (χ1n) is 6.09. The summed E-state index contributed by atoms with van der Waals surface area (Å²) in [6.45, 7) is 0.996. The molecule has 2 rings (SSSR count). The summed E-state index contributed by atoms with van der Waals surface area (Å²) in [6, 6.07) is 5.97. The molecule has 18 heavy (non-hydrogen) atoms. The van der Waals surface area contributed by atoms with E-state index < -0.39 is 5.92 Å². The van der Waals surface area contributed by atoms with Gasteiger partial charge in [-0.3, -0.25) is 4.90 Å². The van der Waals surface area contributed by atoms with Crippen molar-refractivity contribution < 1.29 is 13.2 Å². The maximum Gasteiger partial charge on any atom is 0.250 e. The zero-order valence-corrected chi connectivity index (χ0v) is 10.1. The molecule has 0 bridgehead atoms. The van der Waals surface area contributed by atoms with Gasteiger partial charge in [0.2, 0.25) is 0 Å². The van der Waals surface area contributed by atoms with Crippen molar-refractivity contribution in [1.29, 1.82) is 0 Å². The fourth-order valence-corrected chi connectivity index (χ4v) is 2.34. The summed E-state index contributed by atoms with van der Waals surface area (Å²) in [4.78, 5) is 1.95. The Hall–Kier alpha value is -1.07. The van der Waals surface area contributed by atoms with E-state index in [4.69, 9.17) is 5.73 Å². The van der Waals surface area contributed by atoms with E-state index in [2.05, 4.69) is 0 Å². The van der Waals surface area contributed by atoms with E-state index in [-0.39, 0.29) is 24.7 Å². The Balaban J connectivity index is 2.08. The molecular weight excluding hydrogens is 241 g/mol. The van der Waals surface area contributed by atoms with E-state index >= 15 is 0 Å². The minimum Gasteiger partial charge on any atom is -0.329 e. The van der Waals surface area contributed by atoms with Crippen LogP contribution in [0.2, 0.25) is 0 Å². The fraction of sp³-hybridized carbons (Fsp3) is 0.538. The number of halogens is 3. The third-order valence-electron chi connectivity index (χ3n) is 3.45. The van der Waals surface area contributed by atoms with Crippen LogP contribution in [0.4, 0.5) is 13.2 Å². The van der Waals surface area contributed by atoms with Crippen LogP contribution in [-0.2, 0) is 0 Å². The van der Waals surface area contributed by atoms with Crippen LogP contribution in [0.3, 0.4) is 0 Å². The number of nitrogens with zero attached hydrogens (tertiary/aromatic N) is 1. The van der Waals surface area contributed by atoms with Crippen LogP contribution in [0.25, 0.3) is 0 Å². The smallest absolute Gasteiger partial charge is 0.250 e. The van der Waals surface area contributed by atoms with Crippen molar-refractivity contribution in [2.75, 3.05) is 19.6 Å². The molecule has 1 heterocycles. The first-order chi connectivity index (χ1) is 8.52. The van der Waals surface area contributed by atoms with Crippen molar-refractivity contribution in [2.45, 2.75) is 24.8 Å². The summed E-state index contributed by atoms with van der Waals surface area (Å²) in [7, 11) is 0. The first kappa shape index (κ1) is 13.4. The molecule has 0 aliphatic carbocycles. The Bertz CT molecular complexity index is 382. The van der Waals surface area contributed by atoms with Gasteiger partial charge in [-0.25, -0.2) is 13.2 Å². The summed E-state index contributed by atoms with van der Waals surface area (Å²) in [5, 5.41) is 0. The van der Waals surface area contributed by atoms with Crippen LogP contribution >= 0.6 is 0 Å². The summed E-state index contributed by atoms with van der Waals surface area (Å²) < 4.78 is 39.0. The lowest BCUT2D eigenvalue weighted by molar-refractivity contribution is -0.0627. The lowest BCUT2D eigenvalue weighted by Crippen LogP contribution is -2.43. The third-order valence-corrected chi connectivity index (χ3v) is 3.45. The molecule has 1 fully saturated rings. The van der Waals surface area contributed by atoms with Gasteiger partial charge in [0.05, 0.1) is 0 Å². The molecule has 1 unspecified atom stereocenters. The molecular formula is C13H17F3N2. The molecule has 1 aromatic rings. The highest BCUT2D eigenvalue weighted by Crippen LogP contribution is 2.32. The van der Waals surface area contributed by atoms with Gasteiger partial charge in [-0.1, -0.05) is 12.1 Å². The molecule has 1 aliphatic rings. The monoisotopic (exact) mass is 258 g/mol. The van der Waals surface area contributed by atoms with Gasteiger partial charge in [0, 0.05) is 38.5 Å². The topological polar surface area (TPSA) is 29.3 Å². The molecule has 100 valence electrons. The maximum absolute atomic E-state index is 13.1. The standard InChI is InChI=1S/C13H17F3N2/c14-11-3-1-10(2-4-11)12(9-17)18-7-5-13(15,16)6-8-18/h1-4,12H,5-9,17H2. The average Bonchev–Trinajstić information content (AvgIpc) is 2.34. The summed E-state index contributed by atoms with van der Waals surface area (Å²) >= 11 is 0. The molecule has 1 atom stereocenters. The van der Waals surface area contributed by atoms with Crippen LogP contribution in [0.5, 0.6) is 0 Å². The van der Waals surface area contributed by atoms with Crippen molar-refractivity contribution in [3.8, 4) is 0 Å². The van der Waals surface area contributed by atoms with Crippen LogP contribution in [0, 0.1) is 5.82 Å². The molecule has 1 saturated heterocycles. The van der Waals surface area contributed by atoms with Gasteiger partial charge in [0.15, 0.2) is 0 Å². The highest BCUT2D eigenvalue weighted by molar-refractivity contribution is 5.20. The summed E-state index contributed by atoms with van der Waals surface area (Å²) in [5.41, 5.74) is 6.60. The molecule has 2 nitrogen and oxygen atoms in total. The van der Waals surface area contributed by atoms with Gasteiger partial charge in [0.25, 0.3) is 5.92 Å². The fourth-order valence-electron chi connectivity index (χ4n) is 2.34. The Kier molecular flexibility index (Phi) is 3.92. The molecule has 0 amide bonds. The zero-order valence-electron chi connectivity index (χ0n) is 10.1. The van der Waals surface area contributed by atoms with E-state index in [0.717, 1.165) is 5.56 Å². The highest BCUT2D eigenvalue weighted by atomic mass is 19.3. The third kappa shape index (κ3) is 3.03. The van der Waals surface area contributed by atoms with Crippen molar-refractivity contribution in [3.63, 3.8) is 0 Å². The van der Waals surface area contributed by atoms with Crippen LogP contribution in [0.15, 0.2) is 24.3 Å². The Labute approximate surface area is 105 Å². The Morgan fingerprint density at radius 1 is 1.17 bits per heavy atom. The van der Waals surface area contributed by atoms with Crippen molar-refractivity contribution in [2.24, 2.45) is 5.73 Å². The largest absolute Gasteiger partial charge is 0.329 e. The van der Waals surface area contributed by atoms with E-state index in [1.54, 1.807) is 12.1 Å². The second-order valence-electron chi connectivity index (χ2n) is 4.69. The molecule has 1 aliphatic heterocycles. The summed E-state index contributed by atoms with van der Waals surface area (Å²) in [5.74, 6) is -2.86. The number of hydrogen-bond donors (Lipinski definition) is 1. The van der Waals surface area contributed by atoms with Crippen molar-refractivity contribution in [3.05, 3.63) is 35.6 Å². The quantitative estimate of drug-likeness (QED) is 0.902. The molecule has 0 spiro atoms. The van der Waals surface area contributed by atoms with E-state index in [0.29, 0.717) is 19.6 Å². The number of alkyl halides is 2. The predicted octanol–water partition coefficient (Wildman–Crippen LogP) is 2.56. The van der Waals surface area contributed by atoms with E-state index in [1.807, 2.05) is 4.90 Å². The van der Waals surface area contributed by atoms with Crippen molar-refractivity contribution in [1.82, 2.24) is 4.90 Å². The number of likely N-dealkylation sites (tertiary alicyclic amines) is 1. The van der Waals surface area contributed by atoms with Gasteiger partial charge in [-0.05, 0) is 17.7 Å². The molecule has 0 saturated carbocycles. The Morgan fingerprint density at radius 2 is 1.72 bits per heavy atom. The number of rotatable bonds is 3. The minimum atomic E-state index is -2.56. The average molecular weight is 258 g/mol. The van der Waals surface area contributed by atoms with Gasteiger partial charge in [0.1, 0.15) is 5.82 Å². The molecule has 2 N–H and O–H groups in total. The molecule has 0 aromatic heterocycles. The van der Waals surface area contributed by atoms with E-state index in [1.165, 1.54) is 12.1 Å². The molecule has 5 heteroatoms. The first-order valence-corrected chi connectivity index (χ1v) is 6.09. The summed E-state index contributed by atoms with van der Waals surface area (Å²) in [6.07, 6.45) is -0.268. The maximum atomic E-state index is 13.1. The van der Waals surface area contributed by atoms with Crippen LogP contribution < -0.4 is 5.73 Å². The Morgan fingerprint density at radius 3 is 2.22 bits per heavy atom. The SMILES string of the molecule is NCC(c1ccc(F)cc1)N1CCC(F)(F)CC1. The van der Waals surface area contributed by atoms with Gasteiger partial charge in [-0.2, -0.15) is 0 Å². The molecule has 1 aromatic carbocycles. The lowest BCUT2D eigenvalue weighted by Gasteiger charge is -2.37. The number of hydrogen-bond acceptors (Lipinski definition) is 2. The highest BCUT2D eigenvalue weighted by Gasteiger charge is 2.36. The minimum absolute atomic E-state index is 0.110.